The summed E-state index contributed by atoms with van der Waals surface area (Å²) in [5.41, 5.74) is -0.240. The second-order valence-electron chi connectivity index (χ2n) is 4.00. The van der Waals surface area contributed by atoms with E-state index in [-0.39, 0.29) is 11.3 Å². The summed E-state index contributed by atoms with van der Waals surface area (Å²) in [6.45, 7) is 2.20. The largest absolute Gasteiger partial charge is 0.305 e. The quantitative estimate of drug-likeness (QED) is 0.919. The second-order valence-corrected chi connectivity index (χ2v) is 4.00. The molecule has 0 saturated carbocycles. The number of pyridine rings is 1. The molecule has 19 heavy (non-hydrogen) atoms. The van der Waals surface area contributed by atoms with Gasteiger partial charge in [-0.25, -0.2) is 13.2 Å². The normalized spacial score (nSPS) is 12.4. The van der Waals surface area contributed by atoms with E-state index in [1.54, 1.807) is 6.92 Å². The third kappa shape index (κ3) is 2.76. The second kappa shape index (κ2) is 5.84. The van der Waals surface area contributed by atoms with Gasteiger partial charge in [0, 0.05) is 11.8 Å². The molecule has 2 nitrogen and oxygen atoms in total. The summed E-state index contributed by atoms with van der Waals surface area (Å²) in [5.74, 6) is -2.05. The van der Waals surface area contributed by atoms with E-state index in [0.29, 0.717) is 6.54 Å². The Hall–Kier alpha value is -1.88. The number of nitrogens with zero attached hydrogens (tertiary/aromatic N) is 1. The molecule has 100 valence electrons. The molecule has 0 radical (unpaired) electrons. The highest BCUT2D eigenvalue weighted by Crippen LogP contribution is 2.27. The maximum absolute atomic E-state index is 13.8. The molecule has 0 fully saturated rings. The fourth-order valence-corrected chi connectivity index (χ4v) is 1.94. The number of aromatic nitrogens is 1. The Kier molecular flexibility index (Phi) is 4.16. The van der Waals surface area contributed by atoms with Gasteiger partial charge in [0.2, 0.25) is 0 Å². The highest BCUT2D eigenvalue weighted by molar-refractivity contribution is 5.31. The zero-order chi connectivity index (χ0) is 13.8. The molecule has 0 bridgehead atoms. The van der Waals surface area contributed by atoms with Crippen LogP contribution in [0.3, 0.4) is 0 Å². The van der Waals surface area contributed by atoms with E-state index in [1.807, 2.05) is 0 Å². The molecule has 1 unspecified atom stereocenters. The van der Waals surface area contributed by atoms with E-state index in [4.69, 9.17) is 0 Å². The lowest BCUT2D eigenvalue weighted by molar-refractivity contribution is 0.486. The Morgan fingerprint density at radius 2 is 1.68 bits per heavy atom. The van der Waals surface area contributed by atoms with Crippen LogP contribution in [0.2, 0.25) is 0 Å². The fraction of sp³-hybridized carbons (Fsp3) is 0.214. The predicted octanol–water partition coefficient (Wildman–Crippen LogP) is 3.20. The van der Waals surface area contributed by atoms with Crippen molar-refractivity contribution >= 4 is 0 Å². The maximum atomic E-state index is 13.8. The molecule has 0 aliphatic carbocycles. The summed E-state index contributed by atoms with van der Waals surface area (Å²) in [6, 6.07) is 5.25. The molecule has 0 saturated heterocycles. The average molecular weight is 266 g/mol. The number of rotatable bonds is 4. The summed E-state index contributed by atoms with van der Waals surface area (Å²) >= 11 is 0. The van der Waals surface area contributed by atoms with E-state index in [0.717, 1.165) is 12.1 Å². The number of halogens is 3. The van der Waals surface area contributed by atoms with Gasteiger partial charge < -0.3 is 5.32 Å². The van der Waals surface area contributed by atoms with E-state index >= 15 is 0 Å². The molecule has 2 rings (SSSR count). The van der Waals surface area contributed by atoms with Crippen molar-refractivity contribution in [2.24, 2.45) is 0 Å². The van der Waals surface area contributed by atoms with Gasteiger partial charge in [0.05, 0.1) is 11.7 Å². The van der Waals surface area contributed by atoms with Crippen LogP contribution >= 0.6 is 0 Å². The molecule has 2 aromatic rings. The van der Waals surface area contributed by atoms with Gasteiger partial charge in [0.15, 0.2) is 0 Å². The first-order valence-corrected chi connectivity index (χ1v) is 5.92. The van der Waals surface area contributed by atoms with Crippen LogP contribution < -0.4 is 5.32 Å². The van der Waals surface area contributed by atoms with Crippen LogP contribution in [0.25, 0.3) is 0 Å². The lowest BCUT2D eigenvalue weighted by atomic mass is 10.0. The van der Waals surface area contributed by atoms with Gasteiger partial charge >= 0.3 is 0 Å². The van der Waals surface area contributed by atoms with Crippen molar-refractivity contribution < 1.29 is 13.2 Å². The van der Waals surface area contributed by atoms with Crippen LogP contribution in [0.4, 0.5) is 13.2 Å². The first kappa shape index (κ1) is 13.5. The zero-order valence-corrected chi connectivity index (χ0v) is 10.3. The molecular weight excluding hydrogens is 253 g/mol. The van der Waals surface area contributed by atoms with Crippen molar-refractivity contribution in [3.63, 3.8) is 0 Å². The topological polar surface area (TPSA) is 24.9 Å². The molecule has 0 spiro atoms. The Balaban J connectivity index is 2.55. The number of nitrogens with one attached hydrogen (secondary N) is 1. The monoisotopic (exact) mass is 266 g/mol. The molecular formula is C14H13F3N2. The van der Waals surface area contributed by atoms with Crippen LogP contribution in [0.5, 0.6) is 0 Å². The molecule has 0 aliphatic rings. The zero-order valence-electron chi connectivity index (χ0n) is 10.3. The van der Waals surface area contributed by atoms with E-state index in [2.05, 4.69) is 10.3 Å². The average Bonchev–Trinajstić information content (AvgIpc) is 2.38. The summed E-state index contributed by atoms with van der Waals surface area (Å²) < 4.78 is 41.4. The Morgan fingerprint density at radius 3 is 2.26 bits per heavy atom. The standard InChI is InChI=1S/C14H13F3N2/c1-2-18-14(13-11(17)7-4-8-19-13)12-9(15)5-3-6-10(12)16/h3-8,14,18H,2H2,1H3. The molecule has 1 aromatic heterocycles. The van der Waals surface area contributed by atoms with Crippen LogP contribution in [0.1, 0.15) is 24.2 Å². The van der Waals surface area contributed by atoms with Crippen molar-refractivity contribution in [1.29, 1.82) is 0 Å². The summed E-state index contributed by atoms with van der Waals surface area (Å²) in [7, 11) is 0. The van der Waals surface area contributed by atoms with Gasteiger partial charge in [-0.15, -0.1) is 0 Å². The minimum absolute atomic E-state index is 0.0200. The van der Waals surface area contributed by atoms with Crippen LogP contribution in [-0.2, 0) is 0 Å². The number of hydrogen-bond acceptors (Lipinski definition) is 2. The third-order valence-electron chi connectivity index (χ3n) is 2.76. The first-order valence-electron chi connectivity index (χ1n) is 5.92. The minimum atomic E-state index is -0.951. The molecule has 0 amide bonds. The summed E-state index contributed by atoms with van der Waals surface area (Å²) in [4.78, 5) is 3.88. The Morgan fingerprint density at radius 1 is 1.05 bits per heavy atom. The van der Waals surface area contributed by atoms with Crippen LogP contribution in [0, 0.1) is 17.5 Å². The smallest absolute Gasteiger partial charge is 0.146 e. The Bertz CT molecular complexity index is 552. The third-order valence-corrected chi connectivity index (χ3v) is 2.76. The van der Waals surface area contributed by atoms with Gasteiger partial charge in [0.1, 0.15) is 17.5 Å². The predicted molar refractivity (Wildman–Crippen MR) is 66.1 cm³/mol. The highest BCUT2D eigenvalue weighted by atomic mass is 19.1. The van der Waals surface area contributed by atoms with Gasteiger partial charge in [-0.05, 0) is 30.8 Å². The molecule has 5 heteroatoms. The van der Waals surface area contributed by atoms with Crippen molar-refractivity contribution in [2.45, 2.75) is 13.0 Å². The van der Waals surface area contributed by atoms with Gasteiger partial charge in [-0.1, -0.05) is 13.0 Å². The number of benzene rings is 1. The minimum Gasteiger partial charge on any atom is -0.305 e. The van der Waals surface area contributed by atoms with Gasteiger partial charge in [-0.2, -0.15) is 0 Å². The molecule has 1 N–H and O–H groups in total. The summed E-state index contributed by atoms with van der Waals surface area (Å²) in [5, 5.41) is 2.86. The fourth-order valence-electron chi connectivity index (χ4n) is 1.94. The van der Waals surface area contributed by atoms with Crippen molar-refractivity contribution in [3.8, 4) is 0 Å². The highest BCUT2D eigenvalue weighted by Gasteiger charge is 2.24. The van der Waals surface area contributed by atoms with Crippen molar-refractivity contribution in [2.75, 3.05) is 6.54 Å². The molecule has 1 heterocycles. The van der Waals surface area contributed by atoms with Gasteiger partial charge in [0.25, 0.3) is 0 Å². The van der Waals surface area contributed by atoms with Gasteiger partial charge in [-0.3, -0.25) is 4.98 Å². The van der Waals surface area contributed by atoms with Crippen LogP contribution in [0.15, 0.2) is 36.5 Å². The van der Waals surface area contributed by atoms with Crippen LogP contribution in [-0.4, -0.2) is 11.5 Å². The molecule has 1 aromatic carbocycles. The van der Waals surface area contributed by atoms with E-state index < -0.39 is 23.5 Å². The lowest BCUT2D eigenvalue weighted by Crippen LogP contribution is -2.26. The van der Waals surface area contributed by atoms with Crippen molar-refractivity contribution in [1.82, 2.24) is 10.3 Å². The number of hydrogen-bond donors (Lipinski definition) is 1. The Labute approximate surface area is 109 Å². The first-order chi connectivity index (χ1) is 9.15. The maximum Gasteiger partial charge on any atom is 0.146 e. The summed E-state index contributed by atoms with van der Waals surface area (Å²) in [6.07, 6.45) is 1.39. The molecule has 1 atom stereocenters. The lowest BCUT2D eigenvalue weighted by Gasteiger charge is -2.19. The SMILES string of the molecule is CCNC(c1ncccc1F)c1c(F)cccc1F. The van der Waals surface area contributed by atoms with E-state index in [9.17, 15) is 13.2 Å². The molecule has 0 aliphatic heterocycles. The van der Waals surface area contributed by atoms with E-state index in [1.165, 1.54) is 24.4 Å². The van der Waals surface area contributed by atoms with Crippen molar-refractivity contribution in [3.05, 3.63) is 65.2 Å².